The number of fused-ring (bicyclic) bond motifs is 1. The van der Waals surface area contributed by atoms with Crippen LogP contribution in [0.1, 0.15) is 24.8 Å². The predicted molar refractivity (Wildman–Crippen MR) is 151 cm³/mol. The summed E-state index contributed by atoms with van der Waals surface area (Å²) in [7, 11) is 0. The molecule has 0 atom stereocenters. The van der Waals surface area contributed by atoms with Crippen LogP contribution in [0.2, 0.25) is 0 Å². The molecule has 7 nitrogen and oxygen atoms in total. The van der Waals surface area contributed by atoms with E-state index in [1.54, 1.807) is 12.3 Å². The van der Waals surface area contributed by atoms with E-state index in [-0.39, 0.29) is 5.91 Å². The zero-order valence-electron chi connectivity index (χ0n) is 21.1. The number of nitrogens with one attached hydrogen (secondary N) is 2. The first-order valence-electron chi connectivity index (χ1n) is 12.8. The van der Waals surface area contributed by atoms with Crippen molar-refractivity contribution in [3.05, 3.63) is 96.7 Å². The number of hydrogen-bond acceptors (Lipinski definition) is 6. The summed E-state index contributed by atoms with van der Waals surface area (Å²) in [6.45, 7) is 2.96. The monoisotopic (exact) mass is 503 g/mol. The van der Waals surface area contributed by atoms with Gasteiger partial charge in [0.25, 0.3) is 0 Å². The summed E-state index contributed by atoms with van der Waals surface area (Å²) in [6.07, 6.45) is 8.78. The molecule has 7 heteroatoms. The Morgan fingerprint density at radius 1 is 0.974 bits per heavy atom. The minimum absolute atomic E-state index is 0.186. The molecule has 0 bridgehead atoms. The Labute approximate surface area is 222 Å². The van der Waals surface area contributed by atoms with Crippen LogP contribution in [0.4, 0.5) is 17.1 Å². The molecule has 190 valence electrons. The zero-order chi connectivity index (χ0) is 26.2. The lowest BCUT2D eigenvalue weighted by molar-refractivity contribution is -0.111. The molecule has 4 aromatic rings. The smallest absolute Gasteiger partial charge is 0.248 e. The molecule has 0 radical (unpaired) electrons. The molecule has 1 aromatic heterocycles. The van der Waals surface area contributed by atoms with Gasteiger partial charge in [-0.1, -0.05) is 30.7 Å². The Morgan fingerprint density at radius 2 is 1.71 bits per heavy atom. The lowest BCUT2D eigenvalue weighted by atomic mass is 10.1. The highest BCUT2D eigenvalue weighted by atomic mass is 16.5. The Hall–Kier alpha value is -4.67. The molecule has 38 heavy (non-hydrogen) atoms. The summed E-state index contributed by atoms with van der Waals surface area (Å²) in [5, 5.41) is 16.8. The van der Waals surface area contributed by atoms with Crippen LogP contribution in [0.25, 0.3) is 10.9 Å². The van der Waals surface area contributed by atoms with Gasteiger partial charge in [-0.3, -0.25) is 14.7 Å². The maximum absolute atomic E-state index is 12.5. The van der Waals surface area contributed by atoms with E-state index in [2.05, 4.69) is 26.6 Å². The highest BCUT2D eigenvalue weighted by Crippen LogP contribution is 2.32. The number of anilines is 3. The van der Waals surface area contributed by atoms with E-state index < -0.39 is 0 Å². The fourth-order valence-corrected chi connectivity index (χ4v) is 4.50. The molecule has 2 heterocycles. The van der Waals surface area contributed by atoms with Gasteiger partial charge in [0, 0.05) is 35.6 Å². The molecule has 1 amide bonds. The molecule has 2 N–H and O–H groups in total. The molecular formula is C31H29N5O2. The van der Waals surface area contributed by atoms with E-state index in [1.165, 1.54) is 19.3 Å². The molecule has 0 saturated carbocycles. The quantitative estimate of drug-likeness (QED) is 0.263. The van der Waals surface area contributed by atoms with Crippen LogP contribution in [-0.4, -0.2) is 35.4 Å². The molecule has 0 unspecified atom stereocenters. The maximum Gasteiger partial charge on any atom is 0.248 e. The Balaban J connectivity index is 1.31. The largest absolute Gasteiger partial charge is 0.457 e. The predicted octanol–water partition coefficient (Wildman–Crippen LogP) is 6.62. The van der Waals surface area contributed by atoms with E-state index in [9.17, 15) is 10.1 Å². The number of pyridine rings is 1. The Bertz CT molecular complexity index is 1470. The maximum atomic E-state index is 12.5. The number of ether oxygens (including phenoxy) is 1. The second kappa shape index (κ2) is 12.0. The first kappa shape index (κ1) is 25.0. The van der Waals surface area contributed by atoms with Gasteiger partial charge in [0.05, 0.1) is 16.8 Å². The standard InChI is InChI=1S/C31H29N5O2/c32-21-23-22-33-29-16-13-25(34-30(37)10-7-19-36-17-5-2-6-18-36)20-28(29)31(23)35-24-11-14-27(15-12-24)38-26-8-3-1-4-9-26/h1,3-4,7-16,20,22H,2,5-6,17-19H2,(H,33,35)(H,34,37)/b10-7+. The number of hydrogen-bond donors (Lipinski definition) is 2. The minimum atomic E-state index is -0.186. The van der Waals surface area contributed by atoms with Gasteiger partial charge < -0.3 is 15.4 Å². The Morgan fingerprint density at radius 3 is 2.47 bits per heavy atom. The Kier molecular flexibility index (Phi) is 7.92. The minimum Gasteiger partial charge on any atom is -0.457 e. The van der Waals surface area contributed by atoms with E-state index in [0.29, 0.717) is 28.2 Å². The van der Waals surface area contributed by atoms with Crippen LogP contribution in [0.3, 0.4) is 0 Å². The molecule has 3 aromatic carbocycles. The van der Waals surface area contributed by atoms with Crippen molar-refractivity contribution in [1.82, 2.24) is 9.88 Å². The number of nitriles is 1. The number of benzene rings is 3. The number of piperidine rings is 1. The normalized spacial score (nSPS) is 13.8. The summed E-state index contributed by atoms with van der Waals surface area (Å²) >= 11 is 0. The third kappa shape index (κ3) is 6.36. The topological polar surface area (TPSA) is 90.3 Å². The van der Waals surface area contributed by atoms with Crippen LogP contribution in [0.15, 0.2) is 91.1 Å². The van der Waals surface area contributed by atoms with E-state index in [4.69, 9.17) is 4.74 Å². The van der Waals surface area contributed by atoms with Crippen LogP contribution >= 0.6 is 0 Å². The van der Waals surface area contributed by atoms with Crippen molar-refractivity contribution in [2.24, 2.45) is 0 Å². The van der Waals surface area contributed by atoms with Crippen LogP contribution in [0, 0.1) is 11.3 Å². The van der Waals surface area contributed by atoms with Crippen LogP contribution < -0.4 is 15.4 Å². The number of nitrogens with zero attached hydrogens (tertiary/aromatic N) is 3. The second-order valence-corrected chi connectivity index (χ2v) is 9.21. The van der Waals surface area contributed by atoms with Gasteiger partial charge in [-0.2, -0.15) is 5.26 Å². The van der Waals surface area contributed by atoms with E-state index >= 15 is 0 Å². The number of aromatic nitrogens is 1. The average Bonchev–Trinajstić information content (AvgIpc) is 2.95. The van der Waals surface area contributed by atoms with Crippen LogP contribution in [0.5, 0.6) is 11.5 Å². The summed E-state index contributed by atoms with van der Waals surface area (Å²) in [6, 6.07) is 24.8. The molecule has 1 aliphatic rings. The number of likely N-dealkylation sites (tertiary alicyclic amines) is 1. The lowest BCUT2D eigenvalue weighted by Crippen LogP contribution is -2.29. The van der Waals surface area contributed by atoms with E-state index in [1.807, 2.05) is 78.9 Å². The van der Waals surface area contributed by atoms with Crippen molar-refractivity contribution in [2.75, 3.05) is 30.3 Å². The molecular weight excluding hydrogens is 474 g/mol. The molecule has 0 spiro atoms. The second-order valence-electron chi connectivity index (χ2n) is 9.21. The zero-order valence-corrected chi connectivity index (χ0v) is 21.1. The van der Waals surface area contributed by atoms with Gasteiger partial charge >= 0.3 is 0 Å². The van der Waals surface area contributed by atoms with Crippen molar-refractivity contribution in [3.63, 3.8) is 0 Å². The lowest BCUT2D eigenvalue weighted by Gasteiger charge is -2.24. The highest BCUT2D eigenvalue weighted by molar-refractivity contribution is 6.03. The van der Waals surface area contributed by atoms with E-state index in [0.717, 1.165) is 36.5 Å². The summed E-state index contributed by atoms with van der Waals surface area (Å²) in [5.74, 6) is 1.28. The third-order valence-electron chi connectivity index (χ3n) is 6.44. The van der Waals surface area contributed by atoms with Crippen molar-refractivity contribution < 1.29 is 9.53 Å². The number of carbonyl (C=O) groups is 1. The first-order valence-corrected chi connectivity index (χ1v) is 12.8. The SMILES string of the molecule is N#Cc1cnc2ccc(NC(=O)/C=C/CN3CCCCC3)cc2c1Nc1ccc(Oc2ccccc2)cc1. The number of carbonyl (C=O) groups excluding carboxylic acids is 1. The number of rotatable bonds is 8. The molecule has 5 rings (SSSR count). The summed E-state index contributed by atoms with van der Waals surface area (Å²) in [4.78, 5) is 19.3. The first-order chi connectivity index (χ1) is 18.7. The summed E-state index contributed by atoms with van der Waals surface area (Å²) < 4.78 is 5.88. The van der Waals surface area contributed by atoms with Gasteiger partial charge in [0.1, 0.15) is 17.6 Å². The van der Waals surface area contributed by atoms with Crippen LogP contribution in [-0.2, 0) is 4.79 Å². The molecule has 1 fully saturated rings. The fraction of sp³-hybridized carbons (Fsp3) is 0.194. The van der Waals surface area contributed by atoms with Gasteiger partial charge in [-0.15, -0.1) is 0 Å². The van der Waals surface area contributed by atoms with Crippen molar-refractivity contribution in [3.8, 4) is 17.6 Å². The van der Waals surface area contributed by atoms with Crippen molar-refractivity contribution in [2.45, 2.75) is 19.3 Å². The molecule has 1 saturated heterocycles. The molecule has 1 aliphatic heterocycles. The van der Waals surface area contributed by atoms with Crippen molar-refractivity contribution >= 4 is 33.9 Å². The fourth-order valence-electron chi connectivity index (χ4n) is 4.50. The molecule has 0 aliphatic carbocycles. The number of para-hydroxylation sites is 1. The van der Waals surface area contributed by atoms with Gasteiger partial charge in [-0.05, 0) is 80.5 Å². The highest BCUT2D eigenvalue weighted by Gasteiger charge is 2.12. The third-order valence-corrected chi connectivity index (χ3v) is 6.44. The summed E-state index contributed by atoms with van der Waals surface area (Å²) in [5.41, 5.74) is 3.19. The average molecular weight is 504 g/mol. The number of amides is 1. The van der Waals surface area contributed by atoms with Gasteiger partial charge in [0.2, 0.25) is 5.91 Å². The van der Waals surface area contributed by atoms with Gasteiger partial charge in [0.15, 0.2) is 0 Å². The van der Waals surface area contributed by atoms with Gasteiger partial charge in [-0.25, -0.2) is 0 Å². The van der Waals surface area contributed by atoms with Crippen molar-refractivity contribution in [1.29, 1.82) is 5.26 Å².